The van der Waals surface area contributed by atoms with Crippen LogP contribution in [0, 0.1) is 35.9 Å². The van der Waals surface area contributed by atoms with E-state index in [1.807, 2.05) is 0 Å². The van der Waals surface area contributed by atoms with Gasteiger partial charge in [0.2, 0.25) is 0 Å². The average Bonchev–Trinajstić information content (AvgIpc) is 2.67. The first-order valence-electron chi connectivity index (χ1n) is 10.1. The summed E-state index contributed by atoms with van der Waals surface area (Å²) >= 11 is 0. The number of hydrogen-bond acceptors (Lipinski definition) is 1. The summed E-state index contributed by atoms with van der Waals surface area (Å²) in [5.74, 6) is 4.70. The maximum Gasteiger partial charge on any atom is 0.165 e. The van der Waals surface area contributed by atoms with E-state index in [0.29, 0.717) is 5.92 Å². The summed E-state index contributed by atoms with van der Waals surface area (Å²) in [6.45, 7) is 1.58. The van der Waals surface area contributed by atoms with E-state index in [4.69, 9.17) is 11.2 Å². The van der Waals surface area contributed by atoms with Crippen LogP contribution in [0.15, 0.2) is 12.1 Å². The number of benzene rings is 1. The molecule has 0 aromatic heterocycles. The minimum atomic E-state index is -0.736. The molecule has 0 spiro atoms. The smallest absolute Gasteiger partial charge is 0.165 e. The third-order valence-corrected chi connectivity index (χ3v) is 6.56. The molecule has 0 heterocycles. The monoisotopic (exact) mass is 360 g/mol. The predicted octanol–water partition coefficient (Wildman–Crippen LogP) is 6.41. The van der Waals surface area contributed by atoms with Crippen LogP contribution in [0.2, 0.25) is 0 Å². The van der Waals surface area contributed by atoms with E-state index >= 15 is 0 Å². The molecular weight excluding hydrogens is 330 g/mol. The van der Waals surface area contributed by atoms with Gasteiger partial charge in [-0.15, -0.1) is 6.42 Å². The van der Waals surface area contributed by atoms with E-state index in [-0.39, 0.29) is 17.9 Å². The van der Waals surface area contributed by atoms with Gasteiger partial charge in [-0.1, -0.05) is 25.7 Å². The first-order valence-corrected chi connectivity index (χ1v) is 10.1. The zero-order valence-electron chi connectivity index (χ0n) is 15.8. The van der Waals surface area contributed by atoms with Crippen LogP contribution in [0.3, 0.4) is 0 Å². The molecule has 0 aliphatic heterocycles. The van der Waals surface area contributed by atoms with E-state index in [0.717, 1.165) is 36.2 Å². The fraction of sp³-hybridized carbons (Fsp3) is 0.652. The van der Waals surface area contributed by atoms with Gasteiger partial charge in [-0.3, -0.25) is 0 Å². The van der Waals surface area contributed by atoms with Crippen LogP contribution in [0.4, 0.5) is 8.78 Å². The van der Waals surface area contributed by atoms with Crippen molar-refractivity contribution in [2.75, 3.05) is 6.61 Å². The van der Waals surface area contributed by atoms with Crippen molar-refractivity contribution >= 4 is 0 Å². The van der Waals surface area contributed by atoms with Gasteiger partial charge in [0.15, 0.2) is 11.6 Å². The molecule has 3 heteroatoms. The first-order chi connectivity index (χ1) is 12.6. The molecule has 2 aliphatic rings. The standard InChI is InChI=1S/C23H30F2O/c1-3-12-26-23-21(15-24)13-20(14-22(23)25)19-10-8-18(9-11-19)17-6-4-16(2)5-7-17/h1,13-14,16-19H,4-12,15H2,2H3. The number of alkyl halides is 1. The summed E-state index contributed by atoms with van der Waals surface area (Å²) in [5.41, 5.74) is 1.19. The highest BCUT2D eigenvalue weighted by molar-refractivity contribution is 5.40. The molecule has 2 fully saturated rings. The highest BCUT2D eigenvalue weighted by Gasteiger charge is 2.31. The van der Waals surface area contributed by atoms with Crippen molar-refractivity contribution in [2.24, 2.45) is 17.8 Å². The Kier molecular flexibility index (Phi) is 6.57. The lowest BCUT2D eigenvalue weighted by Gasteiger charge is -2.37. The van der Waals surface area contributed by atoms with Gasteiger partial charge in [0.25, 0.3) is 0 Å². The molecular formula is C23H30F2O. The van der Waals surface area contributed by atoms with Gasteiger partial charge >= 0.3 is 0 Å². The second kappa shape index (κ2) is 8.89. The van der Waals surface area contributed by atoms with Crippen molar-refractivity contribution in [1.82, 2.24) is 0 Å². The Morgan fingerprint density at radius 1 is 1.04 bits per heavy atom. The van der Waals surface area contributed by atoms with Gasteiger partial charge in [0.1, 0.15) is 13.3 Å². The predicted molar refractivity (Wildman–Crippen MR) is 101 cm³/mol. The van der Waals surface area contributed by atoms with Crippen molar-refractivity contribution in [3.63, 3.8) is 0 Å². The van der Waals surface area contributed by atoms with Crippen molar-refractivity contribution < 1.29 is 13.5 Å². The van der Waals surface area contributed by atoms with Crippen LogP contribution >= 0.6 is 0 Å². The quantitative estimate of drug-likeness (QED) is 0.552. The zero-order chi connectivity index (χ0) is 18.5. The minimum absolute atomic E-state index is 0.0285. The van der Waals surface area contributed by atoms with Gasteiger partial charge in [-0.25, -0.2) is 8.78 Å². The van der Waals surface area contributed by atoms with Crippen LogP contribution in [-0.4, -0.2) is 6.61 Å². The summed E-state index contributed by atoms with van der Waals surface area (Å²) in [6.07, 6.45) is 15.2. The minimum Gasteiger partial charge on any atom is -0.477 e. The van der Waals surface area contributed by atoms with Gasteiger partial charge in [-0.05, 0) is 79.9 Å². The molecule has 3 rings (SSSR count). The molecule has 0 N–H and O–H groups in total. The van der Waals surface area contributed by atoms with Crippen molar-refractivity contribution in [2.45, 2.75) is 70.9 Å². The first kappa shape index (κ1) is 19.2. The summed E-state index contributed by atoms with van der Waals surface area (Å²) in [7, 11) is 0. The Balaban J connectivity index is 1.64. The Bertz CT molecular complexity index is 632. The highest BCUT2D eigenvalue weighted by Crippen LogP contribution is 2.44. The molecule has 0 atom stereocenters. The van der Waals surface area contributed by atoms with Crippen LogP contribution < -0.4 is 4.74 Å². The Labute approximate surface area is 156 Å². The van der Waals surface area contributed by atoms with E-state index in [1.54, 1.807) is 6.07 Å². The van der Waals surface area contributed by atoms with Crippen LogP contribution in [0.1, 0.15) is 75.3 Å². The Hall–Kier alpha value is -1.56. The van der Waals surface area contributed by atoms with E-state index in [2.05, 4.69) is 12.8 Å². The molecule has 0 bridgehead atoms. The van der Waals surface area contributed by atoms with E-state index in [1.165, 1.54) is 44.6 Å². The normalized spacial score (nSPS) is 29.2. The summed E-state index contributed by atoms with van der Waals surface area (Å²) in [5, 5.41) is 0. The molecule has 1 aromatic carbocycles. The van der Waals surface area contributed by atoms with Crippen molar-refractivity contribution in [3.05, 3.63) is 29.1 Å². The molecule has 0 unspecified atom stereocenters. The number of terminal acetylenes is 1. The molecule has 1 aromatic rings. The third-order valence-electron chi connectivity index (χ3n) is 6.56. The van der Waals surface area contributed by atoms with Gasteiger partial charge in [0, 0.05) is 5.56 Å². The summed E-state index contributed by atoms with van der Waals surface area (Å²) in [6, 6.07) is 3.31. The molecule has 0 saturated heterocycles. The van der Waals surface area contributed by atoms with Gasteiger partial charge < -0.3 is 4.74 Å². The maximum atomic E-state index is 14.4. The SMILES string of the molecule is C#CCOc1c(F)cc(C2CCC(C3CCC(C)CC3)CC2)cc1CF. The lowest BCUT2D eigenvalue weighted by Crippen LogP contribution is -2.24. The largest absolute Gasteiger partial charge is 0.477 e. The van der Waals surface area contributed by atoms with Crippen LogP contribution in [0.5, 0.6) is 5.75 Å². The van der Waals surface area contributed by atoms with E-state index < -0.39 is 12.5 Å². The van der Waals surface area contributed by atoms with Crippen molar-refractivity contribution in [1.29, 1.82) is 0 Å². The Morgan fingerprint density at radius 3 is 2.23 bits per heavy atom. The number of halogens is 2. The lowest BCUT2D eigenvalue weighted by molar-refractivity contribution is 0.165. The second-order valence-electron chi connectivity index (χ2n) is 8.25. The molecule has 142 valence electrons. The van der Waals surface area contributed by atoms with E-state index in [9.17, 15) is 8.78 Å². The second-order valence-corrected chi connectivity index (χ2v) is 8.25. The fourth-order valence-corrected chi connectivity index (χ4v) is 4.97. The maximum absolute atomic E-state index is 14.4. The fourth-order valence-electron chi connectivity index (χ4n) is 4.97. The third kappa shape index (κ3) is 4.40. The van der Waals surface area contributed by atoms with Crippen molar-refractivity contribution in [3.8, 4) is 18.1 Å². The summed E-state index contributed by atoms with van der Waals surface area (Å²) in [4.78, 5) is 0. The lowest BCUT2D eigenvalue weighted by atomic mass is 9.68. The molecule has 2 aliphatic carbocycles. The number of hydrogen-bond donors (Lipinski definition) is 0. The molecule has 0 amide bonds. The summed E-state index contributed by atoms with van der Waals surface area (Å²) < 4.78 is 33.0. The molecule has 2 saturated carbocycles. The molecule has 0 radical (unpaired) electrons. The zero-order valence-corrected chi connectivity index (χ0v) is 15.8. The highest BCUT2D eigenvalue weighted by atomic mass is 19.1. The number of rotatable bonds is 5. The molecule has 1 nitrogen and oxygen atoms in total. The number of ether oxygens (including phenoxy) is 1. The average molecular weight is 360 g/mol. The van der Waals surface area contributed by atoms with Gasteiger partial charge in [0.05, 0.1) is 0 Å². The molecule has 26 heavy (non-hydrogen) atoms. The van der Waals surface area contributed by atoms with Crippen LogP contribution in [0.25, 0.3) is 0 Å². The van der Waals surface area contributed by atoms with Crippen LogP contribution in [-0.2, 0) is 6.67 Å². The Morgan fingerprint density at radius 2 is 1.65 bits per heavy atom. The topological polar surface area (TPSA) is 9.23 Å². The van der Waals surface area contributed by atoms with Gasteiger partial charge in [-0.2, -0.15) is 0 Å².